The molecule has 2 N–H and O–H groups in total. The fourth-order valence-electron chi connectivity index (χ4n) is 4.09. The monoisotopic (exact) mass is 417 g/mol. The van der Waals surface area contributed by atoms with Crippen molar-refractivity contribution in [1.82, 2.24) is 20.4 Å². The van der Waals surface area contributed by atoms with Gasteiger partial charge in [0.15, 0.2) is 5.96 Å². The maximum Gasteiger partial charge on any atom is 0.191 e. The zero-order valence-corrected chi connectivity index (χ0v) is 18.9. The number of ether oxygens (including phenoxy) is 2. The van der Waals surface area contributed by atoms with Crippen LogP contribution < -0.4 is 10.6 Å². The Morgan fingerprint density at radius 2 is 1.67 bits per heavy atom. The molecule has 168 valence electrons. The minimum Gasteiger partial charge on any atom is -0.379 e. The first-order valence-corrected chi connectivity index (χ1v) is 11.4. The summed E-state index contributed by atoms with van der Waals surface area (Å²) >= 11 is 0. The summed E-state index contributed by atoms with van der Waals surface area (Å²) in [6, 6.07) is 8.86. The van der Waals surface area contributed by atoms with Gasteiger partial charge in [-0.2, -0.15) is 0 Å². The summed E-state index contributed by atoms with van der Waals surface area (Å²) < 4.78 is 11.2. The second kappa shape index (κ2) is 12.2. The van der Waals surface area contributed by atoms with Gasteiger partial charge in [0, 0.05) is 52.4 Å². The van der Waals surface area contributed by atoms with Gasteiger partial charge in [-0.05, 0) is 31.9 Å². The Balaban J connectivity index is 1.45. The average molecular weight is 418 g/mol. The van der Waals surface area contributed by atoms with Gasteiger partial charge in [0.25, 0.3) is 0 Å². The van der Waals surface area contributed by atoms with Crippen LogP contribution in [0.3, 0.4) is 0 Å². The Bertz CT molecular complexity index is 635. The number of guanidine groups is 1. The molecule has 2 heterocycles. The van der Waals surface area contributed by atoms with Crippen molar-refractivity contribution < 1.29 is 9.47 Å². The Morgan fingerprint density at radius 3 is 2.33 bits per heavy atom. The number of morpholine rings is 2. The van der Waals surface area contributed by atoms with Crippen LogP contribution in [0.5, 0.6) is 0 Å². The van der Waals surface area contributed by atoms with E-state index in [1.54, 1.807) is 0 Å². The predicted octanol–water partition coefficient (Wildman–Crippen LogP) is 1.68. The Hall–Kier alpha value is -1.67. The lowest BCUT2D eigenvalue weighted by Crippen LogP contribution is -2.44. The van der Waals surface area contributed by atoms with Crippen molar-refractivity contribution in [2.75, 3.05) is 59.0 Å². The first-order chi connectivity index (χ1) is 14.6. The molecule has 0 saturated carbocycles. The van der Waals surface area contributed by atoms with E-state index < -0.39 is 0 Å². The molecule has 1 aromatic rings. The minimum atomic E-state index is 0.308. The summed E-state index contributed by atoms with van der Waals surface area (Å²) in [5.74, 6) is 0.881. The van der Waals surface area contributed by atoms with Crippen molar-refractivity contribution in [2.45, 2.75) is 46.1 Å². The second-order valence-corrected chi connectivity index (χ2v) is 8.34. The molecule has 30 heavy (non-hydrogen) atoms. The molecule has 0 aromatic heterocycles. The topological polar surface area (TPSA) is 61.4 Å². The summed E-state index contributed by atoms with van der Waals surface area (Å²) in [7, 11) is 0. The van der Waals surface area contributed by atoms with E-state index in [-0.39, 0.29) is 0 Å². The average Bonchev–Trinajstić information content (AvgIpc) is 2.73. The fraction of sp³-hybridized carbons (Fsp3) is 0.696. The van der Waals surface area contributed by atoms with Crippen LogP contribution >= 0.6 is 0 Å². The molecular formula is C23H39N5O2. The van der Waals surface area contributed by atoms with E-state index >= 15 is 0 Å². The molecule has 2 unspecified atom stereocenters. The normalized spacial score (nSPS) is 24.0. The third kappa shape index (κ3) is 7.87. The van der Waals surface area contributed by atoms with Crippen LogP contribution in [0.2, 0.25) is 0 Å². The van der Waals surface area contributed by atoms with Crippen LogP contribution in [0.25, 0.3) is 0 Å². The molecule has 7 nitrogen and oxygen atoms in total. The van der Waals surface area contributed by atoms with Gasteiger partial charge in [-0.15, -0.1) is 0 Å². The molecule has 0 spiro atoms. The molecule has 2 aliphatic heterocycles. The van der Waals surface area contributed by atoms with Crippen LogP contribution in [0, 0.1) is 0 Å². The van der Waals surface area contributed by atoms with Crippen molar-refractivity contribution in [3.05, 3.63) is 35.4 Å². The van der Waals surface area contributed by atoms with Gasteiger partial charge in [0.2, 0.25) is 0 Å². The van der Waals surface area contributed by atoms with E-state index in [1.165, 1.54) is 11.1 Å². The van der Waals surface area contributed by atoms with Crippen molar-refractivity contribution in [2.24, 2.45) is 4.99 Å². The summed E-state index contributed by atoms with van der Waals surface area (Å²) in [4.78, 5) is 9.66. The molecule has 2 aliphatic rings. The smallest absolute Gasteiger partial charge is 0.191 e. The zero-order chi connectivity index (χ0) is 21.2. The third-order valence-corrected chi connectivity index (χ3v) is 5.51. The summed E-state index contributed by atoms with van der Waals surface area (Å²) in [5.41, 5.74) is 2.58. The number of nitrogens with zero attached hydrogens (tertiary/aromatic N) is 3. The van der Waals surface area contributed by atoms with Gasteiger partial charge in [-0.1, -0.05) is 24.3 Å². The molecule has 0 radical (unpaired) electrons. The Labute approximate surface area is 181 Å². The van der Waals surface area contributed by atoms with Crippen LogP contribution in [0.15, 0.2) is 29.3 Å². The number of aliphatic imine (C=N–C) groups is 1. The van der Waals surface area contributed by atoms with Gasteiger partial charge < -0.3 is 20.1 Å². The molecule has 0 aliphatic carbocycles. The highest BCUT2D eigenvalue weighted by Crippen LogP contribution is 2.15. The third-order valence-electron chi connectivity index (χ3n) is 5.51. The lowest BCUT2D eigenvalue weighted by Gasteiger charge is -2.35. The van der Waals surface area contributed by atoms with E-state index in [2.05, 4.69) is 65.5 Å². The van der Waals surface area contributed by atoms with E-state index in [1.807, 2.05) is 0 Å². The second-order valence-electron chi connectivity index (χ2n) is 8.34. The predicted molar refractivity (Wildman–Crippen MR) is 122 cm³/mol. The number of nitrogens with one attached hydrogen (secondary N) is 2. The molecule has 1 aromatic carbocycles. The highest BCUT2D eigenvalue weighted by atomic mass is 16.5. The van der Waals surface area contributed by atoms with Gasteiger partial charge in [0.1, 0.15) is 0 Å². The van der Waals surface area contributed by atoms with Crippen LogP contribution in [-0.4, -0.2) is 87.0 Å². The highest BCUT2D eigenvalue weighted by molar-refractivity contribution is 5.79. The van der Waals surface area contributed by atoms with Crippen molar-refractivity contribution in [3.63, 3.8) is 0 Å². The SMILES string of the molecule is CCNC(=NCc1ccc(CN2CC(C)OC(C)C2)cc1)NCCN1CCOCC1. The number of rotatable bonds is 8. The lowest BCUT2D eigenvalue weighted by atomic mass is 10.1. The fourth-order valence-corrected chi connectivity index (χ4v) is 4.09. The van der Waals surface area contributed by atoms with Gasteiger partial charge in [-0.25, -0.2) is 4.99 Å². The van der Waals surface area contributed by atoms with E-state index in [4.69, 9.17) is 14.5 Å². The van der Waals surface area contributed by atoms with Crippen LogP contribution in [0.1, 0.15) is 31.9 Å². The number of hydrogen-bond donors (Lipinski definition) is 2. The van der Waals surface area contributed by atoms with E-state index in [0.29, 0.717) is 18.8 Å². The molecule has 0 amide bonds. The Morgan fingerprint density at radius 1 is 1.00 bits per heavy atom. The minimum absolute atomic E-state index is 0.308. The molecule has 2 atom stereocenters. The number of benzene rings is 1. The summed E-state index contributed by atoms with van der Waals surface area (Å²) in [6.07, 6.45) is 0.616. The largest absolute Gasteiger partial charge is 0.379 e. The first kappa shape index (κ1) is 23.0. The molecule has 2 saturated heterocycles. The molecule has 3 rings (SSSR count). The van der Waals surface area contributed by atoms with Gasteiger partial charge in [-0.3, -0.25) is 9.80 Å². The standard InChI is InChI=1S/C23H39N5O2/c1-4-24-23(25-9-10-27-11-13-29-14-12-27)26-15-21-5-7-22(8-6-21)18-28-16-19(2)30-20(3)17-28/h5-8,19-20H,4,9-18H2,1-3H3,(H2,24,25,26). The van der Waals surface area contributed by atoms with Crippen LogP contribution in [0.4, 0.5) is 0 Å². The van der Waals surface area contributed by atoms with Crippen LogP contribution in [-0.2, 0) is 22.6 Å². The van der Waals surface area contributed by atoms with Gasteiger partial charge in [0.05, 0.1) is 32.0 Å². The lowest BCUT2D eigenvalue weighted by molar-refractivity contribution is -0.0704. The first-order valence-electron chi connectivity index (χ1n) is 11.4. The Kier molecular flexibility index (Phi) is 9.39. The molecule has 0 bridgehead atoms. The van der Waals surface area contributed by atoms with E-state index in [0.717, 1.165) is 71.5 Å². The maximum absolute atomic E-state index is 5.83. The van der Waals surface area contributed by atoms with Gasteiger partial charge >= 0.3 is 0 Å². The van der Waals surface area contributed by atoms with E-state index in [9.17, 15) is 0 Å². The molecular weight excluding hydrogens is 378 g/mol. The summed E-state index contributed by atoms with van der Waals surface area (Å²) in [5, 5.41) is 6.79. The summed E-state index contributed by atoms with van der Waals surface area (Å²) in [6.45, 7) is 16.5. The van der Waals surface area contributed by atoms with Crippen molar-refractivity contribution in [1.29, 1.82) is 0 Å². The number of hydrogen-bond acceptors (Lipinski definition) is 5. The van der Waals surface area contributed by atoms with Crippen molar-refractivity contribution in [3.8, 4) is 0 Å². The van der Waals surface area contributed by atoms with Crippen molar-refractivity contribution >= 4 is 5.96 Å². The quantitative estimate of drug-likeness (QED) is 0.496. The zero-order valence-electron chi connectivity index (χ0n) is 18.9. The highest BCUT2D eigenvalue weighted by Gasteiger charge is 2.21. The maximum atomic E-state index is 5.83. The molecule has 7 heteroatoms. The molecule has 2 fully saturated rings.